The monoisotopic (exact) mass is 776 g/mol. The molecule has 4 heteroatoms. The molecule has 0 N–H and O–H groups in total. The third-order valence-electron chi connectivity index (χ3n) is 12.4. The molecule has 8 aromatic rings. The normalized spacial score (nSPS) is 12.1. The van der Waals surface area contributed by atoms with Crippen molar-refractivity contribution in [3.63, 3.8) is 0 Å². The Bertz CT molecular complexity index is 2580. The minimum atomic E-state index is 0.696. The third kappa shape index (κ3) is 7.88. The maximum atomic E-state index is 6.67. The zero-order valence-electron chi connectivity index (χ0n) is 35.7. The van der Waals surface area contributed by atoms with Crippen molar-refractivity contribution in [1.29, 1.82) is 0 Å². The summed E-state index contributed by atoms with van der Waals surface area (Å²) in [5, 5.41) is 17.9. The van der Waals surface area contributed by atoms with Gasteiger partial charge in [0, 0.05) is 0 Å². The molecule has 0 radical (unpaired) electrons. The summed E-state index contributed by atoms with van der Waals surface area (Å²) in [5.74, 6) is 3.46. The number of benzene rings is 6. The number of unbranched alkanes of at least 4 members (excludes halogenated alkanes) is 12. The Balaban J connectivity index is 1.36. The van der Waals surface area contributed by atoms with Crippen LogP contribution in [0.4, 0.5) is 0 Å². The summed E-state index contributed by atoms with van der Waals surface area (Å²) in [6.45, 7) is 11.8. The fraction of sp³-hybridized carbons (Fsp3) is 0.444. The van der Waals surface area contributed by atoms with E-state index in [-0.39, 0.29) is 0 Å². The van der Waals surface area contributed by atoms with E-state index in [1.165, 1.54) is 152 Å². The molecule has 0 saturated heterocycles. The predicted octanol–water partition coefficient (Wildman–Crippen LogP) is 16.5. The molecule has 0 unspecified atom stereocenters. The number of rotatable bonds is 24. The van der Waals surface area contributed by atoms with Gasteiger partial charge in [-0.05, 0) is 131 Å². The zero-order valence-corrected chi connectivity index (χ0v) is 35.7. The quantitative estimate of drug-likeness (QED) is 0.0452. The van der Waals surface area contributed by atoms with Crippen LogP contribution in [0.5, 0.6) is 23.0 Å². The second kappa shape index (κ2) is 18.9. The molecule has 0 atom stereocenters. The van der Waals surface area contributed by atoms with Crippen LogP contribution in [0.3, 0.4) is 0 Å². The van der Waals surface area contributed by atoms with Gasteiger partial charge in [-0.2, -0.15) is 0 Å². The molecule has 0 aliphatic rings. The van der Waals surface area contributed by atoms with Crippen molar-refractivity contribution in [3.05, 3.63) is 72.8 Å². The van der Waals surface area contributed by atoms with Gasteiger partial charge >= 0.3 is 0 Å². The van der Waals surface area contributed by atoms with Gasteiger partial charge in [-0.1, -0.05) is 147 Å². The second-order valence-corrected chi connectivity index (χ2v) is 16.7. The van der Waals surface area contributed by atoms with Gasteiger partial charge in [0.25, 0.3) is 0 Å². The van der Waals surface area contributed by atoms with Gasteiger partial charge in [0.1, 0.15) is 0 Å². The Morgan fingerprint density at radius 2 is 0.672 bits per heavy atom. The summed E-state index contributed by atoms with van der Waals surface area (Å²) >= 11 is 0. The first-order chi connectivity index (χ1) is 28.7. The Hall–Kier alpha value is -4.70. The van der Waals surface area contributed by atoms with Crippen LogP contribution in [0, 0.1) is 0 Å². The highest BCUT2D eigenvalue weighted by molar-refractivity contribution is 6.50. The molecular formula is C54H64O4. The van der Waals surface area contributed by atoms with Gasteiger partial charge in [-0.25, -0.2) is 0 Å². The van der Waals surface area contributed by atoms with Crippen molar-refractivity contribution in [2.75, 3.05) is 26.4 Å². The molecule has 0 aromatic heterocycles. The Labute approximate surface area is 345 Å². The van der Waals surface area contributed by atoms with Crippen LogP contribution in [-0.4, -0.2) is 26.4 Å². The molecule has 8 aromatic carbocycles. The highest BCUT2D eigenvalue weighted by Crippen LogP contribution is 2.54. The van der Waals surface area contributed by atoms with E-state index < -0.39 is 0 Å². The molecule has 0 bridgehead atoms. The van der Waals surface area contributed by atoms with Crippen molar-refractivity contribution in [1.82, 2.24) is 0 Å². The van der Waals surface area contributed by atoms with Crippen molar-refractivity contribution in [2.45, 2.75) is 130 Å². The van der Waals surface area contributed by atoms with Crippen LogP contribution in [0.2, 0.25) is 0 Å². The van der Waals surface area contributed by atoms with E-state index >= 15 is 0 Å². The summed E-state index contributed by atoms with van der Waals surface area (Å²) < 4.78 is 26.6. The lowest BCUT2D eigenvalue weighted by atomic mass is 9.93. The third-order valence-corrected chi connectivity index (χ3v) is 12.4. The van der Waals surface area contributed by atoms with E-state index in [0.29, 0.717) is 26.4 Å². The molecule has 4 nitrogen and oxygen atoms in total. The van der Waals surface area contributed by atoms with Crippen LogP contribution in [0.1, 0.15) is 130 Å². The number of ether oxygens (including phenoxy) is 4. The maximum Gasteiger partial charge on any atom is 0.161 e. The number of hydrogen-bond donors (Lipinski definition) is 0. The van der Waals surface area contributed by atoms with E-state index in [4.69, 9.17) is 18.9 Å². The second-order valence-electron chi connectivity index (χ2n) is 16.7. The lowest BCUT2D eigenvalue weighted by molar-refractivity contribution is 0.259. The Morgan fingerprint density at radius 1 is 0.293 bits per heavy atom. The Kier molecular flexibility index (Phi) is 13.1. The Morgan fingerprint density at radius 3 is 1.17 bits per heavy atom. The molecule has 8 rings (SSSR count). The van der Waals surface area contributed by atoms with Gasteiger partial charge < -0.3 is 18.9 Å². The summed E-state index contributed by atoms with van der Waals surface area (Å²) in [6, 6.07) is 27.5. The standard InChI is InChI=1S/C54H64O4/c1-5-9-13-19-28-55-46-33-41-39-26-23-27-40-51(39)53(42(41)34-47(46)56-29-20-14-10-6-2)45-32-37-24-17-18-25-38(37)50-43-35-48(57-30-21-15-11-7-3)49(58-31-22-16-12-8-4)36-44(43)52(40)54(45)50/h17-18,23-27,32-36H,5-16,19-22,28-31H2,1-4H3. The molecule has 0 fully saturated rings. The van der Waals surface area contributed by atoms with Crippen LogP contribution in [0.25, 0.3) is 75.4 Å². The first-order valence-electron chi connectivity index (χ1n) is 23.0. The van der Waals surface area contributed by atoms with Crippen molar-refractivity contribution >= 4 is 75.4 Å². The molecule has 0 amide bonds. The summed E-state index contributed by atoms with van der Waals surface area (Å²) in [6.07, 6.45) is 18.7. The van der Waals surface area contributed by atoms with Crippen LogP contribution in [-0.2, 0) is 0 Å². The van der Waals surface area contributed by atoms with Crippen LogP contribution in [0.15, 0.2) is 72.8 Å². The average Bonchev–Trinajstić information content (AvgIpc) is 3.75. The fourth-order valence-corrected chi connectivity index (χ4v) is 9.43. The molecule has 304 valence electrons. The highest BCUT2D eigenvalue weighted by Gasteiger charge is 2.26. The van der Waals surface area contributed by atoms with Crippen molar-refractivity contribution < 1.29 is 18.9 Å². The SMILES string of the molecule is CCCCCCOc1cc2c3cccc4c3c(c2cc1OCCCCCC)c1cc2ccccc2c2c3cc(OCCCCCC)c(OCCCCCC)cc3c4c12. The summed E-state index contributed by atoms with van der Waals surface area (Å²) in [5.41, 5.74) is 0. The van der Waals surface area contributed by atoms with E-state index in [1.54, 1.807) is 0 Å². The smallest absolute Gasteiger partial charge is 0.161 e. The average molecular weight is 777 g/mol. The first kappa shape index (κ1) is 40.1. The van der Waals surface area contributed by atoms with Gasteiger partial charge in [-0.15, -0.1) is 0 Å². The minimum Gasteiger partial charge on any atom is -0.490 e. The van der Waals surface area contributed by atoms with Gasteiger partial charge in [-0.3, -0.25) is 0 Å². The molecule has 0 heterocycles. The predicted molar refractivity (Wildman–Crippen MR) is 250 cm³/mol. The van der Waals surface area contributed by atoms with Crippen molar-refractivity contribution in [3.8, 4) is 23.0 Å². The summed E-state index contributed by atoms with van der Waals surface area (Å²) in [7, 11) is 0. The van der Waals surface area contributed by atoms with Crippen LogP contribution >= 0.6 is 0 Å². The van der Waals surface area contributed by atoms with E-state index in [0.717, 1.165) is 48.7 Å². The highest BCUT2D eigenvalue weighted by atomic mass is 16.5. The number of hydrogen-bond acceptors (Lipinski definition) is 4. The topological polar surface area (TPSA) is 36.9 Å². The molecular weight excluding hydrogens is 713 g/mol. The van der Waals surface area contributed by atoms with Crippen molar-refractivity contribution in [2.24, 2.45) is 0 Å². The lowest BCUT2D eigenvalue weighted by Gasteiger charge is -2.14. The van der Waals surface area contributed by atoms with Gasteiger partial charge in [0.15, 0.2) is 23.0 Å². The fourth-order valence-electron chi connectivity index (χ4n) is 9.43. The van der Waals surface area contributed by atoms with E-state index in [1.807, 2.05) is 0 Å². The minimum absolute atomic E-state index is 0.696. The van der Waals surface area contributed by atoms with Crippen LogP contribution < -0.4 is 18.9 Å². The number of fused-ring (bicyclic) bond motifs is 10. The molecule has 0 spiro atoms. The molecule has 58 heavy (non-hydrogen) atoms. The first-order valence-corrected chi connectivity index (χ1v) is 23.0. The summed E-state index contributed by atoms with van der Waals surface area (Å²) in [4.78, 5) is 0. The van der Waals surface area contributed by atoms with E-state index in [9.17, 15) is 0 Å². The lowest BCUT2D eigenvalue weighted by Crippen LogP contribution is -2.02. The van der Waals surface area contributed by atoms with E-state index in [2.05, 4.69) is 100 Å². The maximum absolute atomic E-state index is 6.67. The largest absolute Gasteiger partial charge is 0.490 e. The van der Waals surface area contributed by atoms with Gasteiger partial charge in [0.2, 0.25) is 0 Å². The molecule has 0 saturated carbocycles. The van der Waals surface area contributed by atoms with Gasteiger partial charge in [0.05, 0.1) is 26.4 Å². The zero-order chi connectivity index (χ0) is 39.8. The molecule has 0 aliphatic heterocycles. The molecule has 0 aliphatic carbocycles.